The Balaban J connectivity index is 1.10. The third kappa shape index (κ3) is 5.06. The Hall–Kier alpha value is -3.26. The maximum Gasteiger partial charge on any atom is 0.253 e. The highest BCUT2D eigenvalue weighted by molar-refractivity contribution is 5.95. The van der Waals surface area contributed by atoms with Crippen molar-refractivity contribution in [1.29, 1.82) is 0 Å². The highest BCUT2D eigenvalue weighted by atomic mass is 16.7. The minimum Gasteiger partial charge on any atom is -0.491 e. The zero-order valence-electron chi connectivity index (χ0n) is 18.5. The maximum atomic E-state index is 12.9. The number of nitrogens with zero attached hydrogens (tertiary/aromatic N) is 1. The van der Waals surface area contributed by atoms with Crippen molar-refractivity contribution in [2.45, 2.75) is 31.8 Å². The van der Waals surface area contributed by atoms with E-state index in [0.717, 1.165) is 25.2 Å². The van der Waals surface area contributed by atoms with Crippen LogP contribution in [0.3, 0.4) is 0 Å². The fourth-order valence-electron chi connectivity index (χ4n) is 4.40. The molecule has 0 aliphatic carbocycles. The molecule has 2 amide bonds. The molecule has 2 aromatic rings. The zero-order valence-corrected chi connectivity index (χ0v) is 18.5. The molecule has 3 aliphatic heterocycles. The van der Waals surface area contributed by atoms with E-state index in [4.69, 9.17) is 18.9 Å². The van der Waals surface area contributed by atoms with Crippen molar-refractivity contribution >= 4 is 17.5 Å². The lowest BCUT2D eigenvalue weighted by molar-refractivity contribution is -0.121. The summed E-state index contributed by atoms with van der Waals surface area (Å²) in [5.41, 5.74) is 1.31. The van der Waals surface area contributed by atoms with E-state index in [1.165, 1.54) is 0 Å². The Morgan fingerprint density at radius 3 is 2.55 bits per heavy atom. The molecule has 0 radical (unpaired) electrons. The number of benzene rings is 2. The van der Waals surface area contributed by atoms with Gasteiger partial charge in [0.05, 0.1) is 6.10 Å². The molecular weight excluding hydrogens is 424 g/mol. The average molecular weight is 453 g/mol. The normalized spacial score (nSPS) is 20.0. The van der Waals surface area contributed by atoms with Gasteiger partial charge in [0, 0.05) is 42.9 Å². The zero-order chi connectivity index (χ0) is 22.6. The summed E-state index contributed by atoms with van der Waals surface area (Å²) >= 11 is 0. The minimum absolute atomic E-state index is 0.0182. The molecule has 5 rings (SSSR count). The van der Waals surface area contributed by atoms with E-state index < -0.39 is 0 Å². The minimum atomic E-state index is -0.131. The van der Waals surface area contributed by atoms with Crippen LogP contribution in [0.1, 0.15) is 36.0 Å². The van der Waals surface area contributed by atoms with Crippen LogP contribution in [0.4, 0.5) is 5.69 Å². The molecule has 8 nitrogen and oxygen atoms in total. The average Bonchev–Trinajstić information content (AvgIpc) is 3.54. The summed E-state index contributed by atoms with van der Waals surface area (Å²) < 4.78 is 22.0. The number of hydrogen-bond acceptors (Lipinski definition) is 6. The summed E-state index contributed by atoms with van der Waals surface area (Å²) in [6, 6.07) is 12.6. The number of nitrogens with one attached hydrogen (secondary N) is 1. The molecule has 2 fully saturated rings. The first-order valence-corrected chi connectivity index (χ1v) is 11.5. The number of ether oxygens (including phenoxy) is 4. The summed E-state index contributed by atoms with van der Waals surface area (Å²) in [5, 5.41) is 2.95. The second-order valence-electron chi connectivity index (χ2n) is 8.59. The second-order valence-corrected chi connectivity index (χ2v) is 8.59. The largest absolute Gasteiger partial charge is 0.491 e. The standard InChI is InChI=1S/C25H28N2O6/c28-24(26-19-5-8-22-23(14-19)33-16-32-22)17-9-11-27(12-10-17)25(29)18-3-6-20(7-4-18)31-15-21-2-1-13-30-21/h3-8,14,17,21H,1-2,9-13,15-16H2,(H,26,28). The van der Waals surface area contributed by atoms with Crippen LogP contribution in [0.25, 0.3) is 0 Å². The SMILES string of the molecule is O=C(Nc1ccc2c(c1)OCO2)C1CCN(C(=O)c2ccc(OCC3CCCO3)cc2)CC1. The molecular formula is C25H28N2O6. The van der Waals surface area contributed by atoms with E-state index in [0.29, 0.717) is 55.3 Å². The van der Waals surface area contributed by atoms with Gasteiger partial charge in [0.2, 0.25) is 12.7 Å². The molecule has 0 saturated carbocycles. The van der Waals surface area contributed by atoms with Gasteiger partial charge in [0.15, 0.2) is 11.5 Å². The van der Waals surface area contributed by atoms with Gasteiger partial charge in [-0.25, -0.2) is 0 Å². The number of anilines is 1. The Bertz CT molecular complexity index is 994. The van der Waals surface area contributed by atoms with E-state index >= 15 is 0 Å². The molecule has 1 unspecified atom stereocenters. The van der Waals surface area contributed by atoms with Gasteiger partial charge in [-0.1, -0.05) is 0 Å². The van der Waals surface area contributed by atoms with Gasteiger partial charge in [-0.15, -0.1) is 0 Å². The van der Waals surface area contributed by atoms with Gasteiger partial charge in [-0.3, -0.25) is 9.59 Å². The van der Waals surface area contributed by atoms with Crippen LogP contribution in [0.5, 0.6) is 17.2 Å². The van der Waals surface area contributed by atoms with E-state index in [9.17, 15) is 9.59 Å². The molecule has 8 heteroatoms. The number of hydrogen-bond donors (Lipinski definition) is 1. The van der Waals surface area contributed by atoms with Crippen LogP contribution in [-0.4, -0.2) is 55.9 Å². The number of piperidine rings is 1. The molecule has 33 heavy (non-hydrogen) atoms. The summed E-state index contributed by atoms with van der Waals surface area (Å²) in [5.74, 6) is 1.87. The van der Waals surface area contributed by atoms with Crippen LogP contribution in [0, 0.1) is 5.92 Å². The van der Waals surface area contributed by atoms with Crippen LogP contribution in [-0.2, 0) is 9.53 Å². The van der Waals surface area contributed by atoms with Crippen LogP contribution < -0.4 is 19.5 Å². The first-order chi connectivity index (χ1) is 16.2. The van der Waals surface area contributed by atoms with Crippen LogP contribution in [0.2, 0.25) is 0 Å². The van der Waals surface area contributed by atoms with E-state index in [1.54, 1.807) is 30.3 Å². The summed E-state index contributed by atoms with van der Waals surface area (Å²) in [7, 11) is 0. The fraction of sp³-hybridized carbons (Fsp3) is 0.440. The topological polar surface area (TPSA) is 86.3 Å². The smallest absolute Gasteiger partial charge is 0.253 e. The van der Waals surface area contributed by atoms with Gasteiger partial charge >= 0.3 is 0 Å². The van der Waals surface area contributed by atoms with E-state index in [-0.39, 0.29) is 30.6 Å². The molecule has 3 aliphatic rings. The molecule has 0 aromatic heterocycles. The quantitative estimate of drug-likeness (QED) is 0.722. The monoisotopic (exact) mass is 452 g/mol. The molecule has 0 bridgehead atoms. The first kappa shape index (κ1) is 21.6. The Morgan fingerprint density at radius 1 is 1.00 bits per heavy atom. The lowest BCUT2D eigenvalue weighted by Gasteiger charge is -2.31. The van der Waals surface area contributed by atoms with Crippen molar-refractivity contribution < 1.29 is 28.5 Å². The lowest BCUT2D eigenvalue weighted by Crippen LogP contribution is -2.41. The first-order valence-electron chi connectivity index (χ1n) is 11.5. The van der Waals surface area contributed by atoms with Gasteiger partial charge in [-0.2, -0.15) is 0 Å². The third-order valence-electron chi connectivity index (χ3n) is 6.35. The second kappa shape index (κ2) is 9.70. The van der Waals surface area contributed by atoms with Gasteiger partial charge in [-0.05, 0) is 62.1 Å². The van der Waals surface area contributed by atoms with Crippen molar-refractivity contribution in [3.63, 3.8) is 0 Å². The number of fused-ring (bicyclic) bond motifs is 1. The number of likely N-dealkylation sites (tertiary alicyclic amines) is 1. The van der Waals surface area contributed by atoms with Crippen molar-refractivity contribution in [1.82, 2.24) is 4.90 Å². The highest BCUT2D eigenvalue weighted by Gasteiger charge is 2.28. The summed E-state index contributed by atoms with van der Waals surface area (Å²) in [6.45, 7) is 2.64. The molecule has 1 N–H and O–H groups in total. The third-order valence-corrected chi connectivity index (χ3v) is 6.35. The molecule has 3 heterocycles. The molecule has 174 valence electrons. The molecule has 1 atom stereocenters. The maximum absolute atomic E-state index is 12.9. The predicted octanol–water partition coefficient (Wildman–Crippen LogP) is 3.46. The van der Waals surface area contributed by atoms with Crippen LogP contribution in [0.15, 0.2) is 42.5 Å². The summed E-state index contributed by atoms with van der Waals surface area (Å²) in [4.78, 5) is 27.4. The Morgan fingerprint density at radius 2 is 1.79 bits per heavy atom. The van der Waals surface area contributed by atoms with Crippen molar-refractivity contribution in [3.05, 3.63) is 48.0 Å². The number of rotatable bonds is 6. The van der Waals surface area contributed by atoms with Crippen molar-refractivity contribution in [2.75, 3.05) is 38.4 Å². The predicted molar refractivity (Wildman–Crippen MR) is 121 cm³/mol. The number of carbonyl (C=O) groups excluding carboxylic acids is 2. The van der Waals surface area contributed by atoms with E-state index in [1.807, 2.05) is 17.0 Å². The van der Waals surface area contributed by atoms with E-state index in [2.05, 4.69) is 5.32 Å². The molecule has 2 saturated heterocycles. The van der Waals surface area contributed by atoms with Gasteiger partial charge in [0.25, 0.3) is 5.91 Å². The van der Waals surface area contributed by atoms with Crippen molar-refractivity contribution in [2.24, 2.45) is 5.92 Å². The highest BCUT2D eigenvalue weighted by Crippen LogP contribution is 2.34. The number of carbonyl (C=O) groups is 2. The lowest BCUT2D eigenvalue weighted by atomic mass is 9.95. The molecule has 2 aromatic carbocycles. The Labute approximate surface area is 192 Å². The summed E-state index contributed by atoms with van der Waals surface area (Å²) in [6.07, 6.45) is 3.53. The fourth-order valence-corrected chi connectivity index (χ4v) is 4.40. The van der Waals surface area contributed by atoms with Crippen LogP contribution >= 0.6 is 0 Å². The molecule has 0 spiro atoms. The van der Waals surface area contributed by atoms with Gasteiger partial charge in [0.1, 0.15) is 12.4 Å². The van der Waals surface area contributed by atoms with Gasteiger partial charge < -0.3 is 29.2 Å². The Kier molecular flexibility index (Phi) is 6.35. The number of amides is 2. The van der Waals surface area contributed by atoms with Crippen molar-refractivity contribution in [3.8, 4) is 17.2 Å².